The molecule has 8 heteroatoms. The second-order valence-corrected chi connectivity index (χ2v) is 5.81. The second kappa shape index (κ2) is 6.84. The molecule has 3 rings (SSSR count). The fourth-order valence-corrected chi connectivity index (χ4v) is 3.13. The summed E-state index contributed by atoms with van der Waals surface area (Å²) in [4.78, 5) is 39.3. The number of aromatic amines is 2. The predicted molar refractivity (Wildman–Crippen MR) is 90.1 cm³/mol. The number of carbonyl (C=O) groups is 1. The van der Waals surface area contributed by atoms with Crippen molar-refractivity contribution in [1.29, 1.82) is 0 Å². The van der Waals surface area contributed by atoms with E-state index in [0.29, 0.717) is 13.0 Å². The van der Waals surface area contributed by atoms with Gasteiger partial charge in [-0.3, -0.25) is 19.6 Å². The number of aromatic hydroxyl groups is 1. The van der Waals surface area contributed by atoms with E-state index in [1.807, 2.05) is 30.1 Å². The summed E-state index contributed by atoms with van der Waals surface area (Å²) in [7, 11) is 0. The smallest absolute Gasteiger partial charge is 0.326 e. The number of amides is 1. The molecule has 1 heterocycles. The van der Waals surface area contributed by atoms with Crippen LogP contribution in [0.5, 0.6) is 11.5 Å². The van der Waals surface area contributed by atoms with Crippen molar-refractivity contribution in [2.24, 2.45) is 0 Å². The van der Waals surface area contributed by atoms with Crippen LogP contribution in [0, 0.1) is 0 Å². The Bertz CT molecular complexity index is 915. The zero-order chi connectivity index (χ0) is 18.0. The maximum atomic E-state index is 12.4. The minimum absolute atomic E-state index is 0.293. The van der Waals surface area contributed by atoms with Gasteiger partial charge in [0.25, 0.3) is 11.5 Å². The van der Waals surface area contributed by atoms with E-state index >= 15 is 0 Å². The van der Waals surface area contributed by atoms with Gasteiger partial charge in [-0.15, -0.1) is 0 Å². The summed E-state index contributed by atoms with van der Waals surface area (Å²) in [6, 6.07) is 5.38. The molecule has 0 fully saturated rings. The molecule has 0 aliphatic heterocycles. The van der Waals surface area contributed by atoms with Gasteiger partial charge < -0.3 is 15.2 Å². The molecule has 1 atom stereocenters. The summed E-state index contributed by atoms with van der Waals surface area (Å²) in [5, 5.41) is 12.5. The lowest BCUT2D eigenvalue weighted by molar-refractivity contribution is 0.0923. The van der Waals surface area contributed by atoms with Crippen molar-refractivity contribution >= 4 is 5.91 Å². The topological polar surface area (TPSA) is 124 Å². The van der Waals surface area contributed by atoms with Gasteiger partial charge in [-0.1, -0.05) is 12.1 Å². The lowest BCUT2D eigenvalue weighted by Crippen LogP contribution is -2.35. The number of fused-ring (bicyclic) bond motifs is 1. The van der Waals surface area contributed by atoms with Crippen LogP contribution in [0.1, 0.15) is 47.4 Å². The average Bonchev–Trinajstić information content (AvgIpc) is 2.59. The van der Waals surface area contributed by atoms with Crippen molar-refractivity contribution in [3.8, 4) is 11.5 Å². The molecule has 1 aliphatic rings. The van der Waals surface area contributed by atoms with Crippen molar-refractivity contribution in [2.45, 2.75) is 32.2 Å². The summed E-state index contributed by atoms with van der Waals surface area (Å²) in [5.74, 6) is -0.720. The van der Waals surface area contributed by atoms with E-state index in [0.717, 1.165) is 29.7 Å². The lowest BCUT2D eigenvalue weighted by Gasteiger charge is -2.27. The summed E-state index contributed by atoms with van der Waals surface area (Å²) < 4.78 is 5.65. The number of nitrogens with one attached hydrogen (secondary N) is 3. The standard InChI is InChI=1S/C17H19N3O5/c1-2-25-12-8-4-5-9-10(12)6-3-7-11(9)18-15(22)13-14(21)16(23)20-17(24)19-13/h4-5,8,11,21H,2-3,6-7H2,1H3,(H,18,22)(H2,19,20,23,24)/t11-/m0/s1. The highest BCUT2D eigenvalue weighted by molar-refractivity contribution is 5.94. The molecule has 4 N–H and O–H groups in total. The fourth-order valence-electron chi connectivity index (χ4n) is 3.13. The Kier molecular flexibility index (Phi) is 4.60. The number of rotatable bonds is 4. The number of benzene rings is 1. The third-order valence-electron chi connectivity index (χ3n) is 4.21. The van der Waals surface area contributed by atoms with Gasteiger partial charge in [-0.05, 0) is 43.4 Å². The molecule has 0 saturated heterocycles. The van der Waals surface area contributed by atoms with E-state index < -0.39 is 28.6 Å². The first-order chi connectivity index (χ1) is 12.0. The lowest BCUT2D eigenvalue weighted by atomic mass is 9.87. The van der Waals surface area contributed by atoms with E-state index in [9.17, 15) is 19.5 Å². The van der Waals surface area contributed by atoms with Crippen LogP contribution >= 0.6 is 0 Å². The summed E-state index contributed by atoms with van der Waals surface area (Å²) in [5.41, 5.74) is -0.309. The molecule has 0 bridgehead atoms. The van der Waals surface area contributed by atoms with Gasteiger partial charge >= 0.3 is 5.69 Å². The number of ether oxygens (including phenoxy) is 1. The summed E-state index contributed by atoms with van der Waals surface area (Å²) >= 11 is 0. The highest BCUT2D eigenvalue weighted by Crippen LogP contribution is 2.35. The molecule has 2 aromatic rings. The van der Waals surface area contributed by atoms with E-state index in [2.05, 4.69) is 10.3 Å². The Hall–Kier alpha value is -3.03. The van der Waals surface area contributed by atoms with Crippen LogP contribution in [0.2, 0.25) is 0 Å². The molecule has 0 radical (unpaired) electrons. The van der Waals surface area contributed by atoms with Crippen molar-refractivity contribution in [1.82, 2.24) is 15.3 Å². The van der Waals surface area contributed by atoms with Crippen LogP contribution in [0.15, 0.2) is 27.8 Å². The zero-order valence-electron chi connectivity index (χ0n) is 13.7. The van der Waals surface area contributed by atoms with Gasteiger partial charge in [0.05, 0.1) is 12.6 Å². The molecule has 1 aromatic carbocycles. The molecule has 1 aliphatic carbocycles. The fraction of sp³-hybridized carbons (Fsp3) is 0.353. The minimum atomic E-state index is -1.00. The summed E-state index contributed by atoms with van der Waals surface area (Å²) in [6.07, 6.45) is 2.42. The van der Waals surface area contributed by atoms with Crippen LogP contribution in [0.3, 0.4) is 0 Å². The third-order valence-corrected chi connectivity index (χ3v) is 4.21. The highest BCUT2D eigenvalue weighted by Gasteiger charge is 2.26. The molecule has 0 saturated carbocycles. The Balaban J connectivity index is 1.91. The van der Waals surface area contributed by atoms with Crippen LogP contribution in [0.25, 0.3) is 0 Å². The minimum Gasteiger partial charge on any atom is -0.501 e. The molecular formula is C17H19N3O5. The largest absolute Gasteiger partial charge is 0.501 e. The van der Waals surface area contributed by atoms with Gasteiger partial charge in [0, 0.05) is 0 Å². The molecular weight excluding hydrogens is 326 g/mol. The zero-order valence-corrected chi connectivity index (χ0v) is 13.7. The van der Waals surface area contributed by atoms with E-state index in [-0.39, 0.29) is 6.04 Å². The number of hydrogen-bond donors (Lipinski definition) is 4. The van der Waals surface area contributed by atoms with E-state index in [4.69, 9.17) is 4.74 Å². The first-order valence-electron chi connectivity index (χ1n) is 8.12. The van der Waals surface area contributed by atoms with Crippen LogP contribution in [0.4, 0.5) is 0 Å². The molecule has 0 spiro atoms. The van der Waals surface area contributed by atoms with E-state index in [1.54, 1.807) is 0 Å². The monoisotopic (exact) mass is 345 g/mol. The van der Waals surface area contributed by atoms with Crippen molar-refractivity contribution in [3.05, 3.63) is 55.9 Å². The Morgan fingerprint density at radius 2 is 2.16 bits per heavy atom. The highest BCUT2D eigenvalue weighted by atomic mass is 16.5. The SMILES string of the molecule is CCOc1cccc2c1CCC[C@@H]2NC(=O)c1[nH]c(=O)[nH]c(=O)c1O. The van der Waals surface area contributed by atoms with Gasteiger partial charge in [0.1, 0.15) is 5.75 Å². The number of hydrogen-bond acceptors (Lipinski definition) is 5. The maximum Gasteiger partial charge on any atom is 0.326 e. The Labute approximate surface area is 142 Å². The number of aromatic nitrogens is 2. The maximum absolute atomic E-state index is 12.4. The molecule has 25 heavy (non-hydrogen) atoms. The molecule has 1 aromatic heterocycles. The Morgan fingerprint density at radius 1 is 1.36 bits per heavy atom. The van der Waals surface area contributed by atoms with Crippen LogP contribution in [-0.2, 0) is 6.42 Å². The predicted octanol–water partition coefficient (Wildman–Crippen LogP) is 0.975. The van der Waals surface area contributed by atoms with Crippen LogP contribution < -0.4 is 21.3 Å². The first kappa shape index (κ1) is 16.8. The molecule has 0 unspecified atom stereocenters. The van der Waals surface area contributed by atoms with Gasteiger partial charge in [-0.2, -0.15) is 0 Å². The van der Waals surface area contributed by atoms with Gasteiger partial charge in [0.2, 0.25) is 5.75 Å². The third kappa shape index (κ3) is 3.28. The van der Waals surface area contributed by atoms with Crippen LogP contribution in [-0.4, -0.2) is 27.6 Å². The second-order valence-electron chi connectivity index (χ2n) is 5.81. The van der Waals surface area contributed by atoms with E-state index in [1.165, 1.54) is 0 Å². The van der Waals surface area contributed by atoms with Crippen molar-refractivity contribution in [2.75, 3.05) is 6.61 Å². The normalized spacial score (nSPS) is 16.1. The average molecular weight is 345 g/mol. The van der Waals surface area contributed by atoms with Crippen molar-refractivity contribution in [3.63, 3.8) is 0 Å². The first-order valence-corrected chi connectivity index (χ1v) is 8.12. The van der Waals surface area contributed by atoms with Gasteiger partial charge in [0.15, 0.2) is 5.69 Å². The molecule has 8 nitrogen and oxygen atoms in total. The quantitative estimate of drug-likeness (QED) is 0.657. The molecule has 1 amide bonds. The number of H-pyrrole nitrogens is 2. The Morgan fingerprint density at radius 3 is 2.92 bits per heavy atom. The molecule has 132 valence electrons. The summed E-state index contributed by atoms with van der Waals surface area (Å²) in [6.45, 7) is 2.46. The van der Waals surface area contributed by atoms with Crippen molar-refractivity contribution < 1.29 is 14.6 Å². The number of carbonyl (C=O) groups excluding carboxylic acids is 1. The van der Waals surface area contributed by atoms with Gasteiger partial charge in [-0.25, -0.2) is 4.79 Å².